The SMILES string of the molecule is COc1cccc(C(NN)C2CCCCO2)c1. The maximum absolute atomic E-state index is 5.78. The number of nitrogens with one attached hydrogen (secondary N) is 1. The van der Waals surface area contributed by atoms with Crippen LogP contribution in [0, 0.1) is 0 Å². The zero-order valence-corrected chi connectivity index (χ0v) is 10.2. The number of nitrogens with two attached hydrogens (primary N) is 1. The second-order valence-electron chi connectivity index (χ2n) is 4.33. The van der Waals surface area contributed by atoms with Crippen molar-refractivity contribution < 1.29 is 9.47 Å². The van der Waals surface area contributed by atoms with E-state index >= 15 is 0 Å². The molecule has 3 N–H and O–H groups in total. The van der Waals surface area contributed by atoms with E-state index in [0.717, 1.165) is 30.8 Å². The lowest BCUT2D eigenvalue weighted by atomic mass is 9.96. The topological polar surface area (TPSA) is 56.5 Å². The molecule has 1 saturated heterocycles. The van der Waals surface area contributed by atoms with Crippen molar-refractivity contribution in [2.75, 3.05) is 13.7 Å². The number of hydrazine groups is 1. The molecular formula is C13H20N2O2. The van der Waals surface area contributed by atoms with Gasteiger partial charge in [-0.3, -0.25) is 11.3 Å². The van der Waals surface area contributed by atoms with Gasteiger partial charge in [0.25, 0.3) is 0 Å². The third kappa shape index (κ3) is 2.97. The largest absolute Gasteiger partial charge is 0.497 e. The van der Waals surface area contributed by atoms with Crippen molar-refractivity contribution in [2.45, 2.75) is 31.4 Å². The van der Waals surface area contributed by atoms with Crippen LogP contribution in [0.25, 0.3) is 0 Å². The minimum absolute atomic E-state index is 0.0328. The van der Waals surface area contributed by atoms with E-state index in [1.807, 2.05) is 24.3 Å². The molecule has 1 heterocycles. The van der Waals surface area contributed by atoms with Crippen LogP contribution in [0.2, 0.25) is 0 Å². The summed E-state index contributed by atoms with van der Waals surface area (Å²) in [7, 11) is 1.67. The second kappa shape index (κ2) is 6.00. The molecule has 2 unspecified atom stereocenters. The van der Waals surface area contributed by atoms with E-state index in [9.17, 15) is 0 Å². The summed E-state index contributed by atoms with van der Waals surface area (Å²) in [6.07, 6.45) is 3.55. The second-order valence-corrected chi connectivity index (χ2v) is 4.33. The number of methoxy groups -OCH3 is 1. The molecule has 0 aromatic heterocycles. The molecule has 0 saturated carbocycles. The summed E-state index contributed by atoms with van der Waals surface area (Å²) in [5.41, 5.74) is 3.97. The lowest BCUT2D eigenvalue weighted by Gasteiger charge is -2.30. The van der Waals surface area contributed by atoms with Gasteiger partial charge in [-0.2, -0.15) is 0 Å². The van der Waals surface area contributed by atoms with E-state index < -0.39 is 0 Å². The zero-order valence-electron chi connectivity index (χ0n) is 10.2. The first kappa shape index (κ1) is 12.4. The fourth-order valence-electron chi connectivity index (χ4n) is 2.28. The van der Waals surface area contributed by atoms with Crippen LogP contribution in [0.15, 0.2) is 24.3 Å². The summed E-state index contributed by atoms with van der Waals surface area (Å²) in [6, 6.07) is 7.98. The van der Waals surface area contributed by atoms with E-state index in [1.165, 1.54) is 6.42 Å². The number of hydrogen-bond acceptors (Lipinski definition) is 4. The Labute approximate surface area is 102 Å². The molecule has 2 rings (SSSR count). The number of hydrogen-bond donors (Lipinski definition) is 2. The highest BCUT2D eigenvalue weighted by Gasteiger charge is 2.25. The van der Waals surface area contributed by atoms with Gasteiger partial charge in [0.2, 0.25) is 0 Å². The third-order valence-electron chi connectivity index (χ3n) is 3.22. The minimum atomic E-state index is 0.0328. The Bertz CT molecular complexity index is 351. The van der Waals surface area contributed by atoms with Crippen molar-refractivity contribution in [2.24, 2.45) is 5.84 Å². The van der Waals surface area contributed by atoms with Crippen LogP contribution in [-0.4, -0.2) is 19.8 Å². The molecule has 0 bridgehead atoms. The van der Waals surface area contributed by atoms with Gasteiger partial charge in [0.05, 0.1) is 19.3 Å². The summed E-state index contributed by atoms with van der Waals surface area (Å²) in [5.74, 6) is 6.50. The Balaban J connectivity index is 2.15. The molecule has 4 heteroatoms. The van der Waals surface area contributed by atoms with Crippen molar-refractivity contribution >= 4 is 0 Å². The van der Waals surface area contributed by atoms with Gasteiger partial charge in [0.15, 0.2) is 0 Å². The van der Waals surface area contributed by atoms with Gasteiger partial charge < -0.3 is 9.47 Å². The van der Waals surface area contributed by atoms with Crippen LogP contribution in [0.5, 0.6) is 5.75 Å². The fraction of sp³-hybridized carbons (Fsp3) is 0.538. The van der Waals surface area contributed by atoms with Crippen LogP contribution < -0.4 is 16.0 Å². The fourth-order valence-corrected chi connectivity index (χ4v) is 2.28. The standard InChI is InChI=1S/C13H20N2O2/c1-16-11-6-4-5-10(9-11)13(15-14)12-7-2-3-8-17-12/h4-6,9,12-13,15H,2-3,7-8,14H2,1H3. The van der Waals surface area contributed by atoms with Gasteiger partial charge in [0.1, 0.15) is 5.75 Å². The summed E-state index contributed by atoms with van der Waals surface area (Å²) in [5, 5.41) is 0. The van der Waals surface area contributed by atoms with Gasteiger partial charge >= 0.3 is 0 Å². The molecule has 0 radical (unpaired) electrons. The molecule has 1 fully saturated rings. The Morgan fingerprint density at radius 3 is 3.00 bits per heavy atom. The van der Waals surface area contributed by atoms with Crippen molar-refractivity contribution in [1.29, 1.82) is 0 Å². The molecule has 4 nitrogen and oxygen atoms in total. The first-order valence-electron chi connectivity index (χ1n) is 6.07. The van der Waals surface area contributed by atoms with E-state index in [-0.39, 0.29) is 12.1 Å². The molecule has 1 aromatic carbocycles. The smallest absolute Gasteiger partial charge is 0.119 e. The Morgan fingerprint density at radius 2 is 2.35 bits per heavy atom. The normalized spacial score (nSPS) is 22.1. The molecular weight excluding hydrogens is 216 g/mol. The number of rotatable bonds is 4. The maximum atomic E-state index is 5.78. The molecule has 17 heavy (non-hydrogen) atoms. The van der Waals surface area contributed by atoms with E-state index in [4.69, 9.17) is 15.3 Å². The van der Waals surface area contributed by atoms with E-state index in [2.05, 4.69) is 5.43 Å². The third-order valence-corrected chi connectivity index (χ3v) is 3.22. The van der Waals surface area contributed by atoms with Crippen molar-refractivity contribution in [1.82, 2.24) is 5.43 Å². The molecule has 0 spiro atoms. The molecule has 1 aromatic rings. The maximum Gasteiger partial charge on any atom is 0.119 e. The quantitative estimate of drug-likeness (QED) is 0.618. The van der Waals surface area contributed by atoms with Gasteiger partial charge in [-0.1, -0.05) is 12.1 Å². The molecule has 1 aliphatic rings. The van der Waals surface area contributed by atoms with E-state index in [0.29, 0.717) is 0 Å². The minimum Gasteiger partial charge on any atom is -0.497 e. The first-order valence-corrected chi connectivity index (χ1v) is 6.07. The lowest BCUT2D eigenvalue weighted by molar-refractivity contribution is -0.00824. The van der Waals surface area contributed by atoms with Crippen LogP contribution >= 0.6 is 0 Å². The van der Waals surface area contributed by atoms with Crippen molar-refractivity contribution in [3.63, 3.8) is 0 Å². The average molecular weight is 236 g/mol. The summed E-state index contributed by atoms with van der Waals surface area (Å²) >= 11 is 0. The highest BCUT2D eigenvalue weighted by Crippen LogP contribution is 2.27. The Morgan fingerprint density at radius 1 is 1.47 bits per heavy atom. The molecule has 2 atom stereocenters. The van der Waals surface area contributed by atoms with Gasteiger partial charge in [0, 0.05) is 6.61 Å². The molecule has 1 aliphatic heterocycles. The first-order chi connectivity index (χ1) is 8.35. The predicted molar refractivity (Wildman–Crippen MR) is 66.6 cm³/mol. The summed E-state index contributed by atoms with van der Waals surface area (Å²) < 4.78 is 11.0. The Kier molecular flexibility index (Phi) is 4.36. The number of benzene rings is 1. The van der Waals surface area contributed by atoms with Gasteiger partial charge in [-0.15, -0.1) is 0 Å². The van der Waals surface area contributed by atoms with Crippen LogP contribution in [-0.2, 0) is 4.74 Å². The highest BCUT2D eigenvalue weighted by molar-refractivity contribution is 5.31. The van der Waals surface area contributed by atoms with Crippen molar-refractivity contribution in [3.8, 4) is 5.75 Å². The summed E-state index contributed by atoms with van der Waals surface area (Å²) in [6.45, 7) is 0.826. The van der Waals surface area contributed by atoms with Gasteiger partial charge in [-0.05, 0) is 37.0 Å². The van der Waals surface area contributed by atoms with Crippen LogP contribution in [0.4, 0.5) is 0 Å². The summed E-state index contributed by atoms with van der Waals surface area (Å²) in [4.78, 5) is 0. The molecule has 0 amide bonds. The number of ether oxygens (including phenoxy) is 2. The predicted octanol–water partition coefficient (Wildman–Crippen LogP) is 1.77. The van der Waals surface area contributed by atoms with Gasteiger partial charge in [-0.25, -0.2) is 0 Å². The molecule has 94 valence electrons. The molecule has 0 aliphatic carbocycles. The van der Waals surface area contributed by atoms with Crippen LogP contribution in [0.1, 0.15) is 30.9 Å². The highest BCUT2D eigenvalue weighted by atomic mass is 16.5. The average Bonchev–Trinajstić information content (AvgIpc) is 2.41. The van der Waals surface area contributed by atoms with Crippen molar-refractivity contribution in [3.05, 3.63) is 29.8 Å². The van der Waals surface area contributed by atoms with Crippen LogP contribution in [0.3, 0.4) is 0 Å². The monoisotopic (exact) mass is 236 g/mol. The van der Waals surface area contributed by atoms with E-state index in [1.54, 1.807) is 7.11 Å². The lowest BCUT2D eigenvalue weighted by Crippen LogP contribution is -2.39. The zero-order chi connectivity index (χ0) is 12.1. The Hall–Kier alpha value is -1.10.